The SMILES string of the molecule is Cc1cccc2oc(CNC(=O)N3CCC(N4CCSCC4)CC3)nc12. The minimum Gasteiger partial charge on any atom is -0.439 e. The van der Waals surface area contributed by atoms with Crippen LogP contribution in [0.1, 0.15) is 24.3 Å². The number of hydrogen-bond acceptors (Lipinski definition) is 5. The average Bonchev–Trinajstić information content (AvgIpc) is 3.11. The maximum atomic E-state index is 12.5. The number of piperidine rings is 1. The van der Waals surface area contributed by atoms with E-state index in [1.165, 1.54) is 24.6 Å². The first kappa shape index (κ1) is 17.7. The third-order valence-electron chi connectivity index (χ3n) is 5.37. The molecule has 4 rings (SSSR count). The molecule has 0 bridgehead atoms. The first-order chi connectivity index (χ1) is 12.7. The predicted molar refractivity (Wildman–Crippen MR) is 104 cm³/mol. The quantitative estimate of drug-likeness (QED) is 0.895. The lowest BCUT2D eigenvalue weighted by Gasteiger charge is -2.39. The van der Waals surface area contributed by atoms with Crippen molar-refractivity contribution < 1.29 is 9.21 Å². The van der Waals surface area contributed by atoms with Crippen LogP contribution in [0.2, 0.25) is 0 Å². The van der Waals surface area contributed by atoms with E-state index in [1.807, 2.05) is 41.8 Å². The fourth-order valence-corrected chi connectivity index (χ4v) is 4.78. The van der Waals surface area contributed by atoms with Gasteiger partial charge in [-0.3, -0.25) is 4.90 Å². The Kier molecular flexibility index (Phi) is 5.36. The Morgan fingerprint density at radius 2 is 2.04 bits per heavy atom. The van der Waals surface area contributed by atoms with Gasteiger partial charge in [0.05, 0.1) is 6.54 Å². The van der Waals surface area contributed by atoms with Crippen molar-refractivity contribution in [1.82, 2.24) is 20.1 Å². The summed E-state index contributed by atoms with van der Waals surface area (Å²) < 4.78 is 5.73. The number of benzene rings is 1. The van der Waals surface area contributed by atoms with E-state index >= 15 is 0 Å². The number of urea groups is 1. The number of rotatable bonds is 3. The molecular weight excluding hydrogens is 348 g/mol. The van der Waals surface area contributed by atoms with E-state index in [0.29, 0.717) is 18.5 Å². The van der Waals surface area contributed by atoms with E-state index in [1.54, 1.807) is 0 Å². The van der Waals surface area contributed by atoms with Crippen molar-refractivity contribution >= 4 is 28.9 Å². The normalized spacial score (nSPS) is 19.8. The number of aryl methyl sites for hydroxylation is 1. The Balaban J connectivity index is 1.28. The van der Waals surface area contributed by atoms with Gasteiger partial charge in [0.1, 0.15) is 5.52 Å². The number of para-hydroxylation sites is 1. The number of amides is 2. The first-order valence-corrected chi connectivity index (χ1v) is 10.6. The molecule has 1 aromatic carbocycles. The van der Waals surface area contributed by atoms with Gasteiger partial charge in [0.15, 0.2) is 5.58 Å². The van der Waals surface area contributed by atoms with Crippen LogP contribution < -0.4 is 5.32 Å². The minimum absolute atomic E-state index is 0.0170. The summed E-state index contributed by atoms with van der Waals surface area (Å²) in [5.41, 5.74) is 2.73. The number of hydrogen-bond donors (Lipinski definition) is 1. The standard InChI is InChI=1S/C19H26N4O2S/c1-14-3-2-4-16-18(14)21-17(25-16)13-20-19(24)23-7-5-15(6-8-23)22-9-11-26-12-10-22/h2-4,15H,5-13H2,1H3,(H,20,24). The molecule has 7 heteroatoms. The maximum absolute atomic E-state index is 12.5. The highest BCUT2D eigenvalue weighted by Crippen LogP contribution is 2.21. The smallest absolute Gasteiger partial charge is 0.317 e. The van der Waals surface area contributed by atoms with Crippen LogP contribution in [0.4, 0.5) is 4.79 Å². The van der Waals surface area contributed by atoms with Crippen LogP contribution in [0.15, 0.2) is 22.6 Å². The highest BCUT2D eigenvalue weighted by atomic mass is 32.2. The molecule has 2 saturated heterocycles. The molecule has 2 fully saturated rings. The zero-order valence-electron chi connectivity index (χ0n) is 15.2. The summed E-state index contributed by atoms with van der Waals surface area (Å²) in [5, 5.41) is 2.96. The van der Waals surface area contributed by atoms with Gasteiger partial charge in [0, 0.05) is 43.7 Å². The Morgan fingerprint density at radius 3 is 2.77 bits per heavy atom. The summed E-state index contributed by atoms with van der Waals surface area (Å²) in [6.45, 7) is 6.38. The fourth-order valence-electron chi connectivity index (χ4n) is 3.85. The summed E-state index contributed by atoms with van der Waals surface area (Å²) in [6.07, 6.45) is 2.14. The zero-order valence-corrected chi connectivity index (χ0v) is 16.1. The van der Waals surface area contributed by atoms with Gasteiger partial charge in [-0.25, -0.2) is 9.78 Å². The molecule has 0 spiro atoms. The van der Waals surface area contributed by atoms with E-state index in [4.69, 9.17) is 4.42 Å². The molecule has 0 unspecified atom stereocenters. The van der Waals surface area contributed by atoms with Crippen molar-refractivity contribution in [3.63, 3.8) is 0 Å². The van der Waals surface area contributed by atoms with Gasteiger partial charge in [-0.15, -0.1) is 0 Å². The van der Waals surface area contributed by atoms with E-state index in [2.05, 4.69) is 15.2 Å². The van der Waals surface area contributed by atoms with Crippen molar-refractivity contribution in [2.24, 2.45) is 0 Å². The molecule has 6 nitrogen and oxygen atoms in total. The van der Waals surface area contributed by atoms with Crippen molar-refractivity contribution in [2.75, 3.05) is 37.7 Å². The molecular formula is C19H26N4O2S. The largest absolute Gasteiger partial charge is 0.439 e. The second-order valence-corrected chi connectivity index (χ2v) is 8.28. The number of nitrogens with one attached hydrogen (secondary N) is 1. The first-order valence-electron chi connectivity index (χ1n) is 9.40. The van der Waals surface area contributed by atoms with Gasteiger partial charge in [-0.2, -0.15) is 11.8 Å². The van der Waals surface area contributed by atoms with Crippen molar-refractivity contribution in [3.8, 4) is 0 Å². The monoisotopic (exact) mass is 374 g/mol. The van der Waals surface area contributed by atoms with Gasteiger partial charge in [0.25, 0.3) is 0 Å². The third-order valence-corrected chi connectivity index (χ3v) is 6.31. The Hall–Kier alpha value is -1.73. The summed E-state index contributed by atoms with van der Waals surface area (Å²) in [5.74, 6) is 3.04. The topological polar surface area (TPSA) is 61.6 Å². The molecule has 1 aromatic heterocycles. The third kappa shape index (κ3) is 3.83. The predicted octanol–water partition coefficient (Wildman–Crippen LogP) is 2.86. The zero-order chi connectivity index (χ0) is 17.9. The summed E-state index contributed by atoms with van der Waals surface area (Å²) >= 11 is 2.04. The molecule has 2 aliphatic heterocycles. The number of aromatic nitrogens is 1. The second-order valence-electron chi connectivity index (χ2n) is 7.05. The van der Waals surface area contributed by atoms with Crippen LogP contribution in [-0.4, -0.2) is 64.5 Å². The van der Waals surface area contributed by atoms with Gasteiger partial charge in [0.2, 0.25) is 5.89 Å². The van der Waals surface area contributed by atoms with E-state index < -0.39 is 0 Å². The van der Waals surface area contributed by atoms with Crippen LogP contribution in [-0.2, 0) is 6.54 Å². The maximum Gasteiger partial charge on any atom is 0.317 e. The molecule has 3 heterocycles. The van der Waals surface area contributed by atoms with Crippen molar-refractivity contribution in [1.29, 1.82) is 0 Å². The van der Waals surface area contributed by atoms with Gasteiger partial charge < -0.3 is 14.6 Å². The highest BCUT2D eigenvalue weighted by Gasteiger charge is 2.27. The van der Waals surface area contributed by atoms with Gasteiger partial charge >= 0.3 is 6.03 Å². The molecule has 2 aromatic rings. The molecule has 0 aliphatic carbocycles. The molecule has 140 valence electrons. The van der Waals surface area contributed by atoms with Gasteiger partial charge in [-0.1, -0.05) is 12.1 Å². The molecule has 0 atom stereocenters. The molecule has 0 saturated carbocycles. The number of oxazole rings is 1. The minimum atomic E-state index is -0.0170. The van der Waals surface area contributed by atoms with E-state index in [-0.39, 0.29) is 6.03 Å². The molecule has 2 amide bonds. The molecule has 1 N–H and O–H groups in total. The number of thioether (sulfide) groups is 1. The number of likely N-dealkylation sites (tertiary alicyclic amines) is 1. The van der Waals surface area contributed by atoms with Crippen LogP contribution in [0.25, 0.3) is 11.1 Å². The van der Waals surface area contributed by atoms with Crippen LogP contribution >= 0.6 is 11.8 Å². The fraction of sp³-hybridized carbons (Fsp3) is 0.579. The van der Waals surface area contributed by atoms with Gasteiger partial charge in [-0.05, 0) is 31.4 Å². The number of carbonyl (C=O) groups excluding carboxylic acids is 1. The van der Waals surface area contributed by atoms with Crippen molar-refractivity contribution in [2.45, 2.75) is 32.4 Å². The van der Waals surface area contributed by atoms with Crippen LogP contribution in [0.5, 0.6) is 0 Å². The number of nitrogens with zero attached hydrogens (tertiary/aromatic N) is 3. The molecule has 2 aliphatic rings. The summed E-state index contributed by atoms with van der Waals surface area (Å²) in [7, 11) is 0. The Bertz CT molecular complexity index is 764. The highest BCUT2D eigenvalue weighted by molar-refractivity contribution is 7.99. The number of fused-ring (bicyclic) bond motifs is 1. The van der Waals surface area contributed by atoms with E-state index in [9.17, 15) is 4.79 Å². The Morgan fingerprint density at radius 1 is 1.27 bits per heavy atom. The van der Waals surface area contributed by atoms with Crippen LogP contribution in [0.3, 0.4) is 0 Å². The number of carbonyl (C=O) groups is 1. The van der Waals surface area contributed by atoms with Crippen molar-refractivity contribution in [3.05, 3.63) is 29.7 Å². The van der Waals surface area contributed by atoms with Crippen LogP contribution in [0, 0.1) is 6.92 Å². The second kappa shape index (κ2) is 7.88. The summed E-state index contributed by atoms with van der Waals surface area (Å²) in [6, 6.07) is 6.50. The Labute approximate surface area is 158 Å². The lowest BCUT2D eigenvalue weighted by atomic mass is 10.0. The van der Waals surface area contributed by atoms with E-state index in [0.717, 1.165) is 42.6 Å². The summed E-state index contributed by atoms with van der Waals surface area (Å²) in [4.78, 5) is 21.5. The lowest BCUT2D eigenvalue weighted by Crippen LogP contribution is -2.51. The lowest BCUT2D eigenvalue weighted by molar-refractivity contribution is 0.124. The average molecular weight is 375 g/mol. The molecule has 26 heavy (non-hydrogen) atoms. The molecule has 0 radical (unpaired) electrons.